The molecule has 4 heterocycles. The number of carbonyl (C=O) groups excluding carboxylic acids is 4. The van der Waals surface area contributed by atoms with Crippen LogP contribution in [0.5, 0.6) is 0 Å². The maximum Gasteiger partial charge on any atom is 0.410 e. The summed E-state index contributed by atoms with van der Waals surface area (Å²) in [6.07, 6.45) is 7.55. The van der Waals surface area contributed by atoms with Crippen molar-refractivity contribution in [2.24, 2.45) is 5.41 Å². The molecule has 228 valence electrons. The number of benzene rings is 1. The van der Waals surface area contributed by atoms with Crippen LogP contribution in [0.2, 0.25) is 0 Å². The van der Waals surface area contributed by atoms with E-state index in [1.165, 1.54) is 25.7 Å². The Labute approximate surface area is 248 Å². The summed E-state index contributed by atoms with van der Waals surface area (Å²) in [6.45, 7) is 11.7. The van der Waals surface area contributed by atoms with Gasteiger partial charge in [-0.25, -0.2) is 4.79 Å². The van der Waals surface area contributed by atoms with Crippen molar-refractivity contribution in [3.05, 3.63) is 29.3 Å². The summed E-state index contributed by atoms with van der Waals surface area (Å²) in [7, 11) is 0. The zero-order valence-electron chi connectivity index (χ0n) is 25.3. The average molecular weight is 580 g/mol. The van der Waals surface area contributed by atoms with Crippen LogP contribution in [0.15, 0.2) is 18.2 Å². The van der Waals surface area contributed by atoms with E-state index in [1.54, 1.807) is 4.90 Å². The lowest BCUT2D eigenvalue weighted by Gasteiger charge is -2.49. The summed E-state index contributed by atoms with van der Waals surface area (Å²) >= 11 is 0. The van der Waals surface area contributed by atoms with Crippen molar-refractivity contribution in [1.82, 2.24) is 20.0 Å². The smallest absolute Gasteiger partial charge is 0.410 e. The molecule has 1 aromatic carbocycles. The molecule has 1 spiro atoms. The molecule has 1 atom stereocenters. The molecule has 3 saturated heterocycles. The van der Waals surface area contributed by atoms with Gasteiger partial charge >= 0.3 is 6.09 Å². The van der Waals surface area contributed by atoms with E-state index in [2.05, 4.69) is 21.2 Å². The van der Waals surface area contributed by atoms with Gasteiger partial charge in [0.1, 0.15) is 11.6 Å². The molecular weight excluding hydrogens is 534 g/mol. The minimum atomic E-state index is -0.582. The second kappa shape index (κ2) is 11.2. The SMILES string of the molecule is CC(C)(C)OC(=O)N1CCC2(CCC(N3CCN(c4ccc5c(c4)CN([C@H]4CCC(=O)NC4=O)C5=O)CC3)CC2)CC1. The molecule has 0 unspecified atom stereocenters. The van der Waals surface area contributed by atoms with Crippen molar-refractivity contribution in [2.45, 2.75) is 96.4 Å². The van der Waals surface area contributed by atoms with Gasteiger partial charge in [-0.3, -0.25) is 24.6 Å². The molecule has 4 amide bonds. The summed E-state index contributed by atoms with van der Waals surface area (Å²) in [6, 6.07) is 6.10. The molecule has 10 heteroatoms. The first kappa shape index (κ1) is 29.0. The fraction of sp³-hybridized carbons (Fsp3) is 0.688. The molecule has 4 aliphatic heterocycles. The minimum Gasteiger partial charge on any atom is -0.444 e. The van der Waals surface area contributed by atoms with E-state index in [9.17, 15) is 19.2 Å². The number of anilines is 1. The number of likely N-dealkylation sites (tertiary alicyclic amines) is 1. The predicted molar refractivity (Wildman–Crippen MR) is 158 cm³/mol. The number of carbonyl (C=O) groups is 4. The minimum absolute atomic E-state index is 0.124. The molecular formula is C32H45N5O5. The fourth-order valence-electron chi connectivity index (χ4n) is 7.67. The number of piperazine rings is 1. The monoisotopic (exact) mass is 579 g/mol. The number of ether oxygens (including phenoxy) is 1. The molecule has 0 aromatic heterocycles. The van der Waals surface area contributed by atoms with E-state index < -0.39 is 11.6 Å². The number of hydrogen-bond donors (Lipinski definition) is 1. The Hall–Kier alpha value is -3.14. The number of rotatable bonds is 3. The Bertz CT molecular complexity index is 1230. The molecule has 4 fully saturated rings. The third-order valence-corrected chi connectivity index (χ3v) is 10.2. The number of amides is 4. The summed E-state index contributed by atoms with van der Waals surface area (Å²) in [5, 5.41) is 2.37. The molecule has 1 N–H and O–H groups in total. The third kappa shape index (κ3) is 5.87. The van der Waals surface area contributed by atoms with Crippen LogP contribution in [0.3, 0.4) is 0 Å². The van der Waals surface area contributed by atoms with Crippen LogP contribution in [0.4, 0.5) is 10.5 Å². The maximum absolute atomic E-state index is 13.1. The van der Waals surface area contributed by atoms with Gasteiger partial charge in [-0.1, -0.05) is 0 Å². The first-order valence-electron chi connectivity index (χ1n) is 15.7. The number of nitrogens with zero attached hydrogens (tertiary/aromatic N) is 4. The summed E-state index contributed by atoms with van der Waals surface area (Å²) in [5.74, 6) is -0.764. The average Bonchev–Trinajstić information content (AvgIpc) is 3.28. The Morgan fingerprint density at radius 2 is 1.62 bits per heavy atom. The molecule has 1 saturated carbocycles. The lowest BCUT2D eigenvalue weighted by molar-refractivity contribution is -0.136. The molecule has 0 radical (unpaired) electrons. The topological polar surface area (TPSA) is 102 Å². The van der Waals surface area contributed by atoms with Gasteiger partial charge in [-0.2, -0.15) is 0 Å². The third-order valence-electron chi connectivity index (χ3n) is 10.2. The number of piperidine rings is 2. The Morgan fingerprint density at radius 1 is 0.929 bits per heavy atom. The van der Waals surface area contributed by atoms with Crippen molar-refractivity contribution < 1.29 is 23.9 Å². The zero-order valence-corrected chi connectivity index (χ0v) is 25.3. The Kier molecular flexibility index (Phi) is 7.70. The number of imide groups is 1. The van der Waals surface area contributed by atoms with Crippen LogP contribution >= 0.6 is 0 Å². The summed E-state index contributed by atoms with van der Waals surface area (Å²) in [4.78, 5) is 58.1. The van der Waals surface area contributed by atoms with E-state index in [4.69, 9.17) is 4.74 Å². The van der Waals surface area contributed by atoms with Crippen molar-refractivity contribution in [3.63, 3.8) is 0 Å². The first-order valence-corrected chi connectivity index (χ1v) is 15.7. The van der Waals surface area contributed by atoms with E-state index in [0.29, 0.717) is 30.0 Å². The highest BCUT2D eigenvalue weighted by Crippen LogP contribution is 2.46. The highest BCUT2D eigenvalue weighted by molar-refractivity contribution is 6.05. The van der Waals surface area contributed by atoms with Gasteiger partial charge in [0.25, 0.3) is 5.91 Å². The Morgan fingerprint density at radius 3 is 2.26 bits per heavy atom. The van der Waals surface area contributed by atoms with Gasteiger partial charge in [-0.15, -0.1) is 0 Å². The van der Waals surface area contributed by atoms with Crippen LogP contribution in [0.25, 0.3) is 0 Å². The van der Waals surface area contributed by atoms with Gasteiger partial charge < -0.3 is 19.4 Å². The predicted octanol–water partition coefficient (Wildman–Crippen LogP) is 3.53. The van der Waals surface area contributed by atoms with Gasteiger partial charge in [0.05, 0.1) is 0 Å². The number of fused-ring (bicyclic) bond motifs is 1. The lowest BCUT2D eigenvalue weighted by atomic mass is 9.66. The highest BCUT2D eigenvalue weighted by Gasteiger charge is 2.42. The first-order chi connectivity index (χ1) is 20.0. The molecule has 6 rings (SSSR count). The van der Waals surface area contributed by atoms with Crippen LogP contribution in [-0.2, 0) is 20.9 Å². The van der Waals surface area contributed by atoms with Crippen LogP contribution < -0.4 is 10.2 Å². The van der Waals surface area contributed by atoms with Crippen molar-refractivity contribution in [3.8, 4) is 0 Å². The van der Waals surface area contributed by atoms with E-state index in [0.717, 1.165) is 63.4 Å². The fourth-order valence-corrected chi connectivity index (χ4v) is 7.67. The molecule has 1 aromatic rings. The van der Waals surface area contributed by atoms with Gasteiger partial charge in [0, 0.05) is 69.5 Å². The van der Waals surface area contributed by atoms with Crippen molar-refractivity contribution in [1.29, 1.82) is 0 Å². The van der Waals surface area contributed by atoms with Gasteiger partial charge in [-0.05, 0) is 94.9 Å². The second-order valence-corrected chi connectivity index (χ2v) is 14.0. The zero-order chi connectivity index (χ0) is 29.6. The van der Waals surface area contributed by atoms with Crippen LogP contribution in [0.1, 0.15) is 88.1 Å². The quantitative estimate of drug-likeness (QED) is 0.547. The maximum atomic E-state index is 13.1. The molecule has 42 heavy (non-hydrogen) atoms. The Balaban J connectivity index is 0.981. The molecule has 5 aliphatic rings. The van der Waals surface area contributed by atoms with E-state index >= 15 is 0 Å². The van der Waals surface area contributed by atoms with Gasteiger partial charge in [0.2, 0.25) is 11.8 Å². The molecule has 1 aliphatic carbocycles. The van der Waals surface area contributed by atoms with Crippen molar-refractivity contribution >= 4 is 29.5 Å². The lowest BCUT2D eigenvalue weighted by Crippen LogP contribution is -2.53. The van der Waals surface area contributed by atoms with Crippen LogP contribution in [-0.4, -0.2) is 95.5 Å². The standard InChI is InChI=1S/C32H45N5O5/c1-31(2,3)42-30(41)36-14-12-32(13-15-36)10-8-23(9-11-32)34-16-18-35(19-17-34)24-4-5-25-22(20-24)21-37(29(25)40)26-6-7-27(38)33-28(26)39/h4-5,20,23,26H,6-19,21H2,1-3H3,(H,33,38,39)/t26-/m0/s1. The number of hydrogen-bond acceptors (Lipinski definition) is 7. The molecule has 0 bridgehead atoms. The van der Waals surface area contributed by atoms with Crippen molar-refractivity contribution in [2.75, 3.05) is 44.2 Å². The normalized spacial score (nSPS) is 25.5. The van der Waals surface area contributed by atoms with Crippen LogP contribution in [0, 0.1) is 5.41 Å². The largest absolute Gasteiger partial charge is 0.444 e. The highest BCUT2D eigenvalue weighted by atomic mass is 16.6. The number of nitrogens with one attached hydrogen (secondary N) is 1. The van der Waals surface area contributed by atoms with E-state index in [-0.39, 0.29) is 30.2 Å². The summed E-state index contributed by atoms with van der Waals surface area (Å²) < 4.78 is 5.59. The summed E-state index contributed by atoms with van der Waals surface area (Å²) in [5.41, 5.74) is 2.67. The molecule has 10 nitrogen and oxygen atoms in total. The van der Waals surface area contributed by atoms with Gasteiger partial charge in [0.15, 0.2) is 0 Å². The second-order valence-electron chi connectivity index (χ2n) is 14.0. The van der Waals surface area contributed by atoms with E-state index in [1.807, 2.05) is 37.8 Å².